The third-order valence-corrected chi connectivity index (χ3v) is 2.85. The first kappa shape index (κ1) is 12.1. The minimum Gasteiger partial charge on any atom is -0.398 e. The van der Waals surface area contributed by atoms with Crippen molar-refractivity contribution < 1.29 is 4.79 Å². The largest absolute Gasteiger partial charge is 0.398 e. The van der Waals surface area contributed by atoms with Gasteiger partial charge in [0.1, 0.15) is 5.69 Å². The first-order valence-corrected chi connectivity index (χ1v) is 5.67. The maximum Gasteiger partial charge on any atom is 0.274 e. The second-order valence-corrected chi connectivity index (χ2v) is 4.14. The Morgan fingerprint density at radius 1 is 1.22 bits per heavy atom. The molecule has 4 nitrogen and oxygen atoms in total. The molecule has 0 radical (unpaired) electrons. The number of nitrogen functional groups attached to an aromatic ring is 1. The number of aromatic nitrogens is 1. The molecule has 2 aromatic rings. The Morgan fingerprint density at radius 3 is 2.67 bits per heavy atom. The number of rotatable bonds is 2. The van der Waals surface area contributed by atoms with Gasteiger partial charge in [0, 0.05) is 17.6 Å². The molecule has 0 unspecified atom stereocenters. The molecular weight excluding hydrogens is 226 g/mol. The minimum atomic E-state index is -0.229. The van der Waals surface area contributed by atoms with E-state index in [2.05, 4.69) is 10.3 Å². The first-order chi connectivity index (χ1) is 8.59. The van der Waals surface area contributed by atoms with Crippen molar-refractivity contribution in [1.29, 1.82) is 0 Å². The van der Waals surface area contributed by atoms with Crippen molar-refractivity contribution in [2.75, 3.05) is 11.1 Å². The third kappa shape index (κ3) is 2.32. The summed E-state index contributed by atoms with van der Waals surface area (Å²) in [5, 5.41) is 2.85. The molecule has 1 aromatic carbocycles. The first-order valence-electron chi connectivity index (χ1n) is 5.67. The second kappa shape index (κ2) is 4.87. The third-order valence-electron chi connectivity index (χ3n) is 2.85. The number of benzene rings is 1. The standard InChI is InChI=1S/C14H15N3O/c1-9-6-7-11(15)10(2)13(9)17-14(18)12-5-3-4-8-16-12/h3-8H,15H2,1-2H3,(H,17,18). The normalized spacial score (nSPS) is 10.1. The summed E-state index contributed by atoms with van der Waals surface area (Å²) in [5.41, 5.74) is 9.50. The highest BCUT2D eigenvalue weighted by Crippen LogP contribution is 2.25. The van der Waals surface area contributed by atoms with Gasteiger partial charge in [-0.3, -0.25) is 9.78 Å². The van der Waals surface area contributed by atoms with Gasteiger partial charge in [-0.1, -0.05) is 12.1 Å². The van der Waals surface area contributed by atoms with Crippen molar-refractivity contribution in [3.8, 4) is 0 Å². The van der Waals surface area contributed by atoms with Gasteiger partial charge in [-0.05, 0) is 43.2 Å². The van der Waals surface area contributed by atoms with Gasteiger partial charge in [0.2, 0.25) is 0 Å². The van der Waals surface area contributed by atoms with E-state index < -0.39 is 0 Å². The van der Waals surface area contributed by atoms with Crippen LogP contribution in [0.5, 0.6) is 0 Å². The van der Waals surface area contributed by atoms with Crippen LogP contribution in [-0.2, 0) is 0 Å². The Morgan fingerprint density at radius 2 is 2.00 bits per heavy atom. The maximum atomic E-state index is 12.0. The molecule has 1 aromatic heterocycles. The molecule has 0 aliphatic rings. The molecule has 18 heavy (non-hydrogen) atoms. The van der Waals surface area contributed by atoms with Crippen molar-refractivity contribution in [3.05, 3.63) is 53.3 Å². The van der Waals surface area contributed by atoms with Crippen LogP contribution in [0.2, 0.25) is 0 Å². The van der Waals surface area contributed by atoms with Crippen LogP contribution in [0.1, 0.15) is 21.6 Å². The van der Waals surface area contributed by atoms with Gasteiger partial charge in [0.25, 0.3) is 5.91 Å². The van der Waals surface area contributed by atoms with Crippen molar-refractivity contribution >= 4 is 17.3 Å². The number of nitrogens with one attached hydrogen (secondary N) is 1. The lowest BCUT2D eigenvalue weighted by molar-refractivity contribution is 0.102. The van der Waals surface area contributed by atoms with Crippen LogP contribution in [-0.4, -0.2) is 10.9 Å². The Kier molecular flexibility index (Phi) is 3.28. The van der Waals surface area contributed by atoms with Crippen molar-refractivity contribution in [2.45, 2.75) is 13.8 Å². The maximum absolute atomic E-state index is 12.0. The van der Waals surface area contributed by atoms with Crippen LogP contribution >= 0.6 is 0 Å². The van der Waals surface area contributed by atoms with E-state index in [-0.39, 0.29) is 5.91 Å². The number of hydrogen-bond acceptors (Lipinski definition) is 3. The van der Waals surface area contributed by atoms with Gasteiger partial charge >= 0.3 is 0 Å². The van der Waals surface area contributed by atoms with Gasteiger partial charge in [-0.25, -0.2) is 0 Å². The number of aryl methyl sites for hydroxylation is 1. The summed E-state index contributed by atoms with van der Waals surface area (Å²) >= 11 is 0. The lowest BCUT2D eigenvalue weighted by Crippen LogP contribution is -2.15. The van der Waals surface area contributed by atoms with E-state index >= 15 is 0 Å². The van der Waals surface area contributed by atoms with Crippen molar-refractivity contribution in [3.63, 3.8) is 0 Å². The molecule has 4 heteroatoms. The lowest BCUT2D eigenvalue weighted by atomic mass is 10.1. The summed E-state index contributed by atoms with van der Waals surface area (Å²) in [5.74, 6) is -0.229. The molecule has 1 amide bonds. The van der Waals surface area contributed by atoms with E-state index in [0.29, 0.717) is 11.4 Å². The van der Waals surface area contributed by atoms with Crippen LogP contribution < -0.4 is 11.1 Å². The number of hydrogen-bond donors (Lipinski definition) is 2. The molecular formula is C14H15N3O. The van der Waals surface area contributed by atoms with E-state index in [1.807, 2.05) is 26.0 Å². The highest BCUT2D eigenvalue weighted by molar-refractivity contribution is 6.04. The Labute approximate surface area is 106 Å². The molecule has 0 bridgehead atoms. The number of carbonyl (C=O) groups is 1. The zero-order valence-corrected chi connectivity index (χ0v) is 10.4. The predicted octanol–water partition coefficient (Wildman–Crippen LogP) is 2.53. The quantitative estimate of drug-likeness (QED) is 0.794. The number of carbonyl (C=O) groups excluding carboxylic acids is 1. The second-order valence-electron chi connectivity index (χ2n) is 4.14. The summed E-state index contributed by atoms with van der Waals surface area (Å²) in [4.78, 5) is 16.0. The molecule has 0 atom stereocenters. The van der Waals surface area contributed by atoms with E-state index in [0.717, 1.165) is 16.8 Å². The smallest absolute Gasteiger partial charge is 0.274 e. The van der Waals surface area contributed by atoms with Crippen LogP contribution in [0.15, 0.2) is 36.5 Å². The summed E-state index contributed by atoms with van der Waals surface area (Å²) < 4.78 is 0. The molecule has 0 aliphatic carbocycles. The fourth-order valence-corrected chi connectivity index (χ4v) is 1.73. The Bertz CT molecular complexity index is 579. The molecule has 3 N–H and O–H groups in total. The number of nitrogens with two attached hydrogens (primary N) is 1. The molecule has 0 aliphatic heterocycles. The molecule has 2 rings (SSSR count). The molecule has 0 fully saturated rings. The summed E-state index contributed by atoms with van der Waals surface area (Å²) in [6, 6.07) is 8.94. The van der Waals surface area contributed by atoms with Gasteiger partial charge in [-0.15, -0.1) is 0 Å². The number of amides is 1. The van der Waals surface area contributed by atoms with E-state index in [1.54, 1.807) is 24.4 Å². The van der Waals surface area contributed by atoms with E-state index in [1.165, 1.54) is 0 Å². The van der Waals surface area contributed by atoms with Crippen molar-refractivity contribution in [1.82, 2.24) is 4.98 Å². The van der Waals surface area contributed by atoms with E-state index in [9.17, 15) is 4.79 Å². The molecule has 0 saturated carbocycles. The summed E-state index contributed by atoms with van der Waals surface area (Å²) in [6.07, 6.45) is 1.59. The predicted molar refractivity (Wildman–Crippen MR) is 72.5 cm³/mol. The van der Waals surface area contributed by atoms with Gasteiger partial charge in [0.05, 0.1) is 0 Å². The number of pyridine rings is 1. The molecule has 1 heterocycles. The SMILES string of the molecule is Cc1ccc(N)c(C)c1NC(=O)c1ccccn1. The lowest BCUT2D eigenvalue weighted by Gasteiger charge is -2.13. The summed E-state index contributed by atoms with van der Waals surface area (Å²) in [7, 11) is 0. The van der Waals surface area contributed by atoms with Crippen LogP contribution in [0.4, 0.5) is 11.4 Å². The highest BCUT2D eigenvalue weighted by atomic mass is 16.1. The minimum absolute atomic E-state index is 0.229. The van der Waals surface area contributed by atoms with Crippen molar-refractivity contribution in [2.24, 2.45) is 0 Å². The van der Waals surface area contributed by atoms with Gasteiger partial charge < -0.3 is 11.1 Å². The average molecular weight is 241 g/mol. The molecule has 92 valence electrons. The topological polar surface area (TPSA) is 68.0 Å². The molecule has 0 spiro atoms. The van der Waals surface area contributed by atoms with Gasteiger partial charge in [0.15, 0.2) is 0 Å². The summed E-state index contributed by atoms with van der Waals surface area (Å²) in [6.45, 7) is 3.82. The average Bonchev–Trinajstić information content (AvgIpc) is 2.40. The monoisotopic (exact) mass is 241 g/mol. The van der Waals surface area contributed by atoms with Gasteiger partial charge in [-0.2, -0.15) is 0 Å². The number of nitrogens with zero attached hydrogens (tertiary/aromatic N) is 1. The Hall–Kier alpha value is -2.36. The van der Waals surface area contributed by atoms with Crippen LogP contribution in [0.3, 0.4) is 0 Å². The van der Waals surface area contributed by atoms with Crippen LogP contribution in [0, 0.1) is 13.8 Å². The fraction of sp³-hybridized carbons (Fsp3) is 0.143. The zero-order valence-electron chi connectivity index (χ0n) is 10.4. The molecule has 0 saturated heterocycles. The van der Waals surface area contributed by atoms with Crippen LogP contribution in [0.25, 0.3) is 0 Å². The number of anilines is 2. The highest BCUT2D eigenvalue weighted by Gasteiger charge is 2.11. The fourth-order valence-electron chi connectivity index (χ4n) is 1.73. The zero-order chi connectivity index (χ0) is 13.1. The Balaban J connectivity index is 2.30. The van der Waals surface area contributed by atoms with E-state index in [4.69, 9.17) is 5.73 Å².